The van der Waals surface area contributed by atoms with Crippen molar-refractivity contribution in [2.24, 2.45) is 0 Å². The van der Waals surface area contributed by atoms with Crippen molar-refractivity contribution in [2.45, 2.75) is 18.7 Å². The van der Waals surface area contributed by atoms with Crippen molar-refractivity contribution in [1.82, 2.24) is 4.98 Å². The lowest BCUT2D eigenvalue weighted by atomic mass is 10.0. The summed E-state index contributed by atoms with van der Waals surface area (Å²) in [6.45, 7) is 3.31. The van der Waals surface area contributed by atoms with Gasteiger partial charge >= 0.3 is 0 Å². The summed E-state index contributed by atoms with van der Waals surface area (Å²) in [4.78, 5) is 15.8. The Hall–Kier alpha value is -2.99. The third-order valence-electron chi connectivity index (χ3n) is 3.89. The third kappa shape index (κ3) is 3.97. The summed E-state index contributed by atoms with van der Waals surface area (Å²) in [6.07, 6.45) is 0. The molecule has 0 fully saturated rings. The van der Waals surface area contributed by atoms with Gasteiger partial charge in [-0.1, -0.05) is 36.4 Å². The zero-order valence-electron chi connectivity index (χ0n) is 14.4. The highest BCUT2D eigenvalue weighted by Gasteiger charge is 2.15. The minimum absolute atomic E-state index is 0.0131. The van der Waals surface area contributed by atoms with E-state index in [1.54, 1.807) is 49.4 Å². The van der Waals surface area contributed by atoms with E-state index < -0.39 is 10.0 Å². The summed E-state index contributed by atoms with van der Waals surface area (Å²) in [5, 5.41) is 0. The number of aromatic nitrogens is 1. The van der Waals surface area contributed by atoms with Crippen LogP contribution in [0.15, 0.2) is 71.6 Å². The summed E-state index contributed by atoms with van der Waals surface area (Å²) in [5.74, 6) is 0.268. The molecule has 132 valence electrons. The standard InChI is InChI=1S/C20H18N2O3S/c1-14-5-3-8-20(21-14)22-26(24,25)19-11-9-16(10-12-19)18-7-4-6-17(13-18)15(2)23/h3-13H,1-2H3,(H,21,22). The Morgan fingerprint density at radius 1 is 0.923 bits per heavy atom. The largest absolute Gasteiger partial charge is 0.295 e. The van der Waals surface area contributed by atoms with Crippen molar-refractivity contribution >= 4 is 21.6 Å². The maximum absolute atomic E-state index is 12.5. The predicted octanol–water partition coefficient (Wildman–Crippen LogP) is 4.06. The summed E-state index contributed by atoms with van der Waals surface area (Å²) < 4.78 is 27.5. The van der Waals surface area contributed by atoms with Gasteiger partial charge in [0.1, 0.15) is 5.82 Å². The van der Waals surface area contributed by atoms with Crippen molar-refractivity contribution in [2.75, 3.05) is 4.72 Å². The summed E-state index contributed by atoms with van der Waals surface area (Å²) in [7, 11) is -3.72. The number of sulfonamides is 1. The molecule has 1 N–H and O–H groups in total. The Morgan fingerprint density at radius 3 is 2.27 bits per heavy atom. The Labute approximate surface area is 152 Å². The van der Waals surface area contributed by atoms with Crippen LogP contribution in [0.25, 0.3) is 11.1 Å². The van der Waals surface area contributed by atoms with Gasteiger partial charge < -0.3 is 0 Å². The quantitative estimate of drug-likeness (QED) is 0.691. The van der Waals surface area contributed by atoms with Gasteiger partial charge in [0.05, 0.1) is 4.90 Å². The summed E-state index contributed by atoms with van der Waals surface area (Å²) >= 11 is 0. The maximum Gasteiger partial charge on any atom is 0.263 e. The van der Waals surface area contributed by atoms with Crippen LogP contribution in [0.2, 0.25) is 0 Å². The van der Waals surface area contributed by atoms with Crippen molar-refractivity contribution in [3.05, 3.63) is 78.0 Å². The highest BCUT2D eigenvalue weighted by molar-refractivity contribution is 7.92. The number of Topliss-reactive ketones (excluding diaryl/α,β-unsaturated/α-hetero) is 1. The molecule has 2 aromatic carbocycles. The van der Waals surface area contributed by atoms with E-state index in [0.29, 0.717) is 5.56 Å². The van der Waals surface area contributed by atoms with E-state index in [1.807, 2.05) is 12.1 Å². The van der Waals surface area contributed by atoms with Gasteiger partial charge in [0.15, 0.2) is 5.78 Å². The van der Waals surface area contributed by atoms with Gasteiger partial charge in [-0.25, -0.2) is 13.4 Å². The molecule has 0 bridgehead atoms. The molecule has 0 radical (unpaired) electrons. The number of benzene rings is 2. The molecule has 0 unspecified atom stereocenters. The lowest BCUT2D eigenvalue weighted by molar-refractivity contribution is 0.101. The lowest BCUT2D eigenvalue weighted by Crippen LogP contribution is -2.14. The molecule has 0 saturated heterocycles. The van der Waals surface area contributed by atoms with Crippen molar-refractivity contribution in [3.8, 4) is 11.1 Å². The van der Waals surface area contributed by atoms with Crippen molar-refractivity contribution in [1.29, 1.82) is 0 Å². The molecular weight excluding hydrogens is 348 g/mol. The van der Waals surface area contributed by atoms with Gasteiger partial charge in [0.2, 0.25) is 0 Å². The molecular formula is C20H18N2O3S. The minimum atomic E-state index is -3.72. The smallest absolute Gasteiger partial charge is 0.263 e. The van der Waals surface area contributed by atoms with Crippen LogP contribution in [0, 0.1) is 6.92 Å². The molecule has 1 aromatic heterocycles. The van der Waals surface area contributed by atoms with Gasteiger partial charge in [0, 0.05) is 11.3 Å². The summed E-state index contributed by atoms with van der Waals surface area (Å²) in [6, 6.07) is 18.9. The first kappa shape index (κ1) is 17.8. The predicted molar refractivity (Wildman–Crippen MR) is 102 cm³/mol. The molecule has 3 aromatic rings. The van der Waals surface area contributed by atoms with Crippen molar-refractivity contribution in [3.63, 3.8) is 0 Å². The van der Waals surface area contributed by atoms with Crippen LogP contribution in [0.1, 0.15) is 23.0 Å². The maximum atomic E-state index is 12.5. The molecule has 5 nitrogen and oxygen atoms in total. The van der Waals surface area contributed by atoms with E-state index >= 15 is 0 Å². The molecule has 0 spiro atoms. The molecule has 0 atom stereocenters. The van der Waals surface area contributed by atoms with Gasteiger partial charge in [-0.05, 0) is 55.3 Å². The first-order valence-corrected chi connectivity index (χ1v) is 9.51. The number of pyridine rings is 1. The number of rotatable bonds is 5. The summed E-state index contributed by atoms with van der Waals surface area (Å²) in [5.41, 5.74) is 3.04. The first-order valence-electron chi connectivity index (χ1n) is 8.03. The fourth-order valence-electron chi connectivity index (χ4n) is 2.54. The van der Waals surface area contributed by atoms with Crippen LogP contribution in [-0.2, 0) is 10.0 Å². The number of hydrogen-bond donors (Lipinski definition) is 1. The fraction of sp³-hybridized carbons (Fsp3) is 0.100. The van der Waals surface area contributed by atoms with E-state index in [0.717, 1.165) is 16.8 Å². The molecule has 0 amide bonds. The SMILES string of the molecule is CC(=O)c1cccc(-c2ccc(S(=O)(=O)Nc3cccc(C)n3)cc2)c1. The number of nitrogens with zero attached hydrogens (tertiary/aromatic N) is 1. The van der Waals surface area contributed by atoms with Crippen LogP contribution in [0.3, 0.4) is 0 Å². The van der Waals surface area contributed by atoms with Crippen LogP contribution in [0.5, 0.6) is 0 Å². The molecule has 26 heavy (non-hydrogen) atoms. The number of nitrogens with one attached hydrogen (secondary N) is 1. The number of carbonyl (C=O) groups is 1. The lowest BCUT2D eigenvalue weighted by Gasteiger charge is -2.09. The molecule has 1 heterocycles. The van der Waals surface area contributed by atoms with Gasteiger partial charge in [-0.3, -0.25) is 9.52 Å². The van der Waals surface area contributed by atoms with Gasteiger partial charge in [0.25, 0.3) is 10.0 Å². The van der Waals surface area contributed by atoms with Gasteiger partial charge in [-0.2, -0.15) is 0 Å². The second-order valence-corrected chi connectivity index (χ2v) is 7.61. The molecule has 6 heteroatoms. The Kier molecular flexibility index (Phi) is 4.86. The van der Waals surface area contributed by atoms with Gasteiger partial charge in [-0.15, -0.1) is 0 Å². The van der Waals surface area contributed by atoms with Crippen LogP contribution < -0.4 is 4.72 Å². The third-order valence-corrected chi connectivity index (χ3v) is 5.26. The highest BCUT2D eigenvalue weighted by Crippen LogP contribution is 2.23. The number of carbonyl (C=O) groups excluding carboxylic acids is 1. The molecule has 0 saturated carbocycles. The second kappa shape index (κ2) is 7.09. The molecule has 0 aliphatic carbocycles. The number of hydrogen-bond acceptors (Lipinski definition) is 4. The first-order chi connectivity index (χ1) is 12.3. The topological polar surface area (TPSA) is 76.1 Å². The number of aryl methyl sites for hydroxylation is 1. The highest BCUT2D eigenvalue weighted by atomic mass is 32.2. The van der Waals surface area contributed by atoms with E-state index in [4.69, 9.17) is 0 Å². The minimum Gasteiger partial charge on any atom is -0.295 e. The van der Waals surface area contributed by atoms with Crippen LogP contribution in [-0.4, -0.2) is 19.2 Å². The molecule has 3 rings (SSSR count). The zero-order valence-corrected chi connectivity index (χ0v) is 15.2. The Morgan fingerprint density at radius 2 is 1.62 bits per heavy atom. The van der Waals surface area contributed by atoms with E-state index in [-0.39, 0.29) is 16.5 Å². The van der Waals surface area contributed by atoms with E-state index in [9.17, 15) is 13.2 Å². The van der Waals surface area contributed by atoms with E-state index in [1.165, 1.54) is 19.1 Å². The van der Waals surface area contributed by atoms with Crippen LogP contribution >= 0.6 is 0 Å². The number of ketones is 1. The van der Waals surface area contributed by atoms with E-state index in [2.05, 4.69) is 9.71 Å². The molecule has 0 aliphatic rings. The zero-order chi connectivity index (χ0) is 18.7. The Bertz CT molecular complexity index is 1060. The average molecular weight is 366 g/mol. The molecule has 0 aliphatic heterocycles. The van der Waals surface area contributed by atoms with Crippen molar-refractivity contribution < 1.29 is 13.2 Å². The van der Waals surface area contributed by atoms with Crippen LogP contribution in [0.4, 0.5) is 5.82 Å². The fourth-order valence-corrected chi connectivity index (χ4v) is 3.54. The second-order valence-electron chi connectivity index (χ2n) is 5.93. The Balaban J connectivity index is 1.87. The number of anilines is 1. The monoisotopic (exact) mass is 366 g/mol. The normalized spacial score (nSPS) is 11.2. The average Bonchev–Trinajstić information content (AvgIpc) is 2.61.